The van der Waals surface area contributed by atoms with Crippen LogP contribution in [-0.2, 0) is 5.60 Å². The summed E-state index contributed by atoms with van der Waals surface area (Å²) in [5, 5.41) is 9.97. The van der Waals surface area contributed by atoms with Crippen molar-refractivity contribution >= 4 is 0 Å². The van der Waals surface area contributed by atoms with Crippen LogP contribution in [-0.4, -0.2) is 18.3 Å². The third-order valence-corrected chi connectivity index (χ3v) is 2.58. The summed E-state index contributed by atoms with van der Waals surface area (Å²) >= 11 is 0. The Bertz CT molecular complexity index is 424. The highest BCUT2D eigenvalue weighted by Crippen LogP contribution is 2.42. The first kappa shape index (κ1) is 12.1. The van der Waals surface area contributed by atoms with Gasteiger partial charge in [0.2, 0.25) is 0 Å². The van der Waals surface area contributed by atoms with E-state index in [9.17, 15) is 13.9 Å². The van der Waals surface area contributed by atoms with Crippen LogP contribution >= 0.6 is 0 Å². The number of rotatable bonds is 2. The zero-order valence-electron chi connectivity index (χ0n) is 9.67. The van der Waals surface area contributed by atoms with Crippen molar-refractivity contribution < 1.29 is 23.4 Å². The van der Waals surface area contributed by atoms with Crippen LogP contribution in [0.4, 0.5) is 8.78 Å². The number of hydrogen-bond donors (Lipinski definition) is 1. The van der Waals surface area contributed by atoms with Crippen LogP contribution in [0, 0.1) is 0 Å². The van der Waals surface area contributed by atoms with E-state index in [1.807, 2.05) is 0 Å². The highest BCUT2D eigenvalue weighted by Gasteiger charge is 2.28. The Morgan fingerprint density at radius 3 is 2.47 bits per heavy atom. The van der Waals surface area contributed by atoms with Crippen LogP contribution in [0.3, 0.4) is 0 Å². The smallest absolute Gasteiger partial charge is 0.263 e. The summed E-state index contributed by atoms with van der Waals surface area (Å²) in [6, 6.07) is 2.52. The molecule has 1 aliphatic heterocycles. The van der Waals surface area contributed by atoms with Gasteiger partial charge in [-0.05, 0) is 26.0 Å². The molecule has 1 heterocycles. The minimum atomic E-state index is -2.60. The van der Waals surface area contributed by atoms with Crippen molar-refractivity contribution in [2.24, 2.45) is 0 Å². The number of ether oxygens (including phenoxy) is 2. The lowest BCUT2D eigenvalue weighted by Crippen LogP contribution is -2.23. The number of hydrogen-bond acceptors (Lipinski definition) is 3. The molecule has 0 amide bonds. The average Bonchev–Trinajstić information content (AvgIpc) is 2.26. The van der Waals surface area contributed by atoms with E-state index in [4.69, 9.17) is 9.47 Å². The average molecular weight is 244 g/mol. The van der Waals surface area contributed by atoms with Crippen molar-refractivity contribution in [2.45, 2.75) is 25.9 Å². The Hall–Kier alpha value is -1.36. The Morgan fingerprint density at radius 1 is 1.24 bits per heavy atom. The lowest BCUT2D eigenvalue weighted by atomic mass is 9.94. The van der Waals surface area contributed by atoms with E-state index in [1.165, 1.54) is 26.0 Å². The van der Waals surface area contributed by atoms with E-state index in [-0.39, 0.29) is 11.3 Å². The molecule has 0 saturated carbocycles. The van der Waals surface area contributed by atoms with Gasteiger partial charge in [-0.2, -0.15) is 0 Å². The first-order valence-electron chi connectivity index (χ1n) is 5.34. The molecule has 0 aromatic heterocycles. The molecule has 0 radical (unpaired) electrons. The standard InChI is InChI=1S/C12H14F2O3/c1-12(2,15)8-5-7(11(13)14)6-9-10(8)17-4-3-16-9/h5-6,11,15H,3-4H2,1-2H3. The van der Waals surface area contributed by atoms with Gasteiger partial charge in [0.05, 0.1) is 5.60 Å². The van der Waals surface area contributed by atoms with E-state index in [0.29, 0.717) is 24.5 Å². The van der Waals surface area contributed by atoms with E-state index < -0.39 is 12.0 Å². The Labute approximate surface area is 98.0 Å². The van der Waals surface area contributed by atoms with Crippen LogP contribution in [0.1, 0.15) is 31.4 Å². The quantitative estimate of drug-likeness (QED) is 0.869. The summed E-state index contributed by atoms with van der Waals surface area (Å²) < 4.78 is 36.1. The van der Waals surface area contributed by atoms with Gasteiger partial charge >= 0.3 is 0 Å². The molecule has 0 bridgehead atoms. The van der Waals surface area contributed by atoms with Gasteiger partial charge in [0.1, 0.15) is 13.2 Å². The molecule has 1 aliphatic rings. The van der Waals surface area contributed by atoms with E-state index in [2.05, 4.69) is 0 Å². The first-order valence-corrected chi connectivity index (χ1v) is 5.34. The van der Waals surface area contributed by atoms with Crippen molar-refractivity contribution in [1.29, 1.82) is 0 Å². The second-order valence-corrected chi connectivity index (χ2v) is 4.45. The lowest BCUT2D eigenvalue weighted by molar-refractivity contribution is 0.0693. The Balaban J connectivity index is 2.58. The molecule has 5 heteroatoms. The summed E-state index contributed by atoms with van der Waals surface area (Å²) in [6.45, 7) is 3.72. The predicted octanol–water partition coefficient (Wildman–Crippen LogP) is 2.62. The van der Waals surface area contributed by atoms with Crippen molar-refractivity contribution in [3.8, 4) is 11.5 Å². The molecule has 1 aromatic rings. The van der Waals surface area contributed by atoms with E-state index in [1.54, 1.807) is 0 Å². The molecular formula is C12H14F2O3. The fourth-order valence-corrected chi connectivity index (χ4v) is 1.76. The number of aliphatic hydroxyl groups is 1. The van der Waals surface area contributed by atoms with Gasteiger partial charge in [-0.25, -0.2) is 8.78 Å². The molecule has 0 aliphatic carbocycles. The highest BCUT2D eigenvalue weighted by molar-refractivity contribution is 5.52. The van der Waals surface area contributed by atoms with Crippen LogP contribution in [0.2, 0.25) is 0 Å². The Kier molecular flexibility index (Phi) is 2.95. The molecule has 1 N–H and O–H groups in total. The fraction of sp³-hybridized carbons (Fsp3) is 0.500. The van der Waals surface area contributed by atoms with E-state index in [0.717, 1.165) is 0 Å². The first-order chi connectivity index (χ1) is 7.89. The molecule has 94 valence electrons. The Morgan fingerprint density at radius 2 is 1.88 bits per heavy atom. The molecule has 0 saturated heterocycles. The minimum Gasteiger partial charge on any atom is -0.486 e. The summed E-state index contributed by atoms with van der Waals surface area (Å²) in [5.41, 5.74) is -1.10. The number of benzene rings is 1. The highest BCUT2D eigenvalue weighted by atomic mass is 19.3. The van der Waals surface area contributed by atoms with Crippen LogP contribution < -0.4 is 9.47 Å². The maximum Gasteiger partial charge on any atom is 0.263 e. The van der Waals surface area contributed by atoms with Gasteiger partial charge in [-0.1, -0.05) is 0 Å². The molecule has 2 rings (SSSR count). The summed E-state index contributed by atoms with van der Waals surface area (Å²) in [7, 11) is 0. The predicted molar refractivity (Wildman–Crippen MR) is 57.6 cm³/mol. The summed E-state index contributed by atoms with van der Waals surface area (Å²) in [5.74, 6) is 0.624. The molecular weight excluding hydrogens is 230 g/mol. The maximum absolute atomic E-state index is 12.7. The summed E-state index contributed by atoms with van der Waals surface area (Å²) in [6.07, 6.45) is -2.60. The van der Waals surface area contributed by atoms with Crippen LogP contribution in [0.25, 0.3) is 0 Å². The number of alkyl halides is 2. The van der Waals surface area contributed by atoms with Gasteiger partial charge in [0.15, 0.2) is 11.5 Å². The number of fused-ring (bicyclic) bond motifs is 1. The zero-order valence-corrected chi connectivity index (χ0v) is 9.67. The minimum absolute atomic E-state index is 0.175. The van der Waals surface area contributed by atoms with Crippen molar-refractivity contribution in [3.05, 3.63) is 23.3 Å². The molecule has 0 fully saturated rings. The lowest BCUT2D eigenvalue weighted by Gasteiger charge is -2.27. The molecule has 3 nitrogen and oxygen atoms in total. The summed E-state index contributed by atoms with van der Waals surface area (Å²) in [4.78, 5) is 0. The SMILES string of the molecule is CC(C)(O)c1cc(C(F)F)cc2c1OCCO2. The van der Waals surface area contributed by atoms with Crippen molar-refractivity contribution in [1.82, 2.24) is 0 Å². The van der Waals surface area contributed by atoms with Crippen LogP contribution in [0.5, 0.6) is 11.5 Å². The van der Waals surface area contributed by atoms with Gasteiger partial charge in [-0.15, -0.1) is 0 Å². The normalized spacial score (nSPS) is 15.2. The second-order valence-electron chi connectivity index (χ2n) is 4.45. The molecule has 0 unspecified atom stereocenters. The van der Waals surface area contributed by atoms with Gasteiger partial charge in [0, 0.05) is 11.1 Å². The van der Waals surface area contributed by atoms with Crippen molar-refractivity contribution in [2.75, 3.05) is 13.2 Å². The zero-order chi connectivity index (χ0) is 12.6. The number of halogens is 2. The monoisotopic (exact) mass is 244 g/mol. The van der Waals surface area contributed by atoms with Crippen molar-refractivity contribution in [3.63, 3.8) is 0 Å². The van der Waals surface area contributed by atoms with Gasteiger partial charge in [0.25, 0.3) is 6.43 Å². The maximum atomic E-state index is 12.7. The van der Waals surface area contributed by atoms with Gasteiger partial charge < -0.3 is 14.6 Å². The van der Waals surface area contributed by atoms with Crippen LogP contribution in [0.15, 0.2) is 12.1 Å². The second kappa shape index (κ2) is 4.14. The van der Waals surface area contributed by atoms with Gasteiger partial charge in [-0.3, -0.25) is 0 Å². The largest absolute Gasteiger partial charge is 0.486 e. The molecule has 0 atom stereocenters. The topological polar surface area (TPSA) is 38.7 Å². The van der Waals surface area contributed by atoms with E-state index >= 15 is 0 Å². The molecule has 1 aromatic carbocycles. The fourth-order valence-electron chi connectivity index (χ4n) is 1.76. The third-order valence-electron chi connectivity index (χ3n) is 2.58. The molecule has 0 spiro atoms. The molecule has 17 heavy (non-hydrogen) atoms. The third kappa shape index (κ3) is 2.34.